The van der Waals surface area contributed by atoms with E-state index in [1.807, 2.05) is 18.2 Å². The summed E-state index contributed by atoms with van der Waals surface area (Å²) >= 11 is 5.99. The molecular formula is C20H25ClN2O4S. The molecule has 1 fully saturated rings. The number of rotatable bonds is 6. The highest BCUT2D eigenvalue weighted by Crippen LogP contribution is 2.33. The van der Waals surface area contributed by atoms with Crippen LogP contribution in [-0.4, -0.2) is 51.9 Å². The first-order valence-electron chi connectivity index (χ1n) is 9.10. The average Bonchev–Trinajstić information content (AvgIpc) is 2.67. The van der Waals surface area contributed by atoms with Crippen molar-refractivity contribution in [2.75, 3.05) is 33.6 Å². The summed E-state index contributed by atoms with van der Waals surface area (Å²) < 4.78 is 35.2. The van der Waals surface area contributed by atoms with Gasteiger partial charge in [0, 0.05) is 43.1 Å². The van der Waals surface area contributed by atoms with E-state index in [2.05, 4.69) is 9.88 Å². The minimum absolute atomic E-state index is 0.0417. The molecule has 0 spiro atoms. The molecule has 0 unspecified atom stereocenters. The highest BCUT2D eigenvalue weighted by atomic mass is 35.5. The summed E-state index contributed by atoms with van der Waals surface area (Å²) in [4.78, 5) is 6.92. The molecule has 0 saturated carbocycles. The van der Waals surface area contributed by atoms with Gasteiger partial charge in [-0.25, -0.2) is 8.42 Å². The van der Waals surface area contributed by atoms with Gasteiger partial charge in [0.2, 0.25) is 0 Å². The first kappa shape index (κ1) is 20.9. The van der Waals surface area contributed by atoms with E-state index in [4.69, 9.17) is 21.1 Å². The van der Waals surface area contributed by atoms with Crippen LogP contribution < -0.4 is 9.47 Å². The van der Waals surface area contributed by atoms with Crippen LogP contribution >= 0.6 is 11.6 Å². The van der Waals surface area contributed by atoms with Crippen LogP contribution in [0.4, 0.5) is 0 Å². The number of pyridine rings is 1. The third kappa shape index (κ3) is 4.77. The highest BCUT2D eigenvalue weighted by molar-refractivity contribution is 7.90. The van der Waals surface area contributed by atoms with Gasteiger partial charge in [-0.15, -0.1) is 0 Å². The zero-order chi connectivity index (χ0) is 20.3. The van der Waals surface area contributed by atoms with Crippen molar-refractivity contribution in [3.05, 3.63) is 46.7 Å². The van der Waals surface area contributed by atoms with Crippen molar-refractivity contribution in [1.29, 1.82) is 0 Å². The molecule has 0 aliphatic carbocycles. The number of methoxy groups -OCH3 is 2. The van der Waals surface area contributed by atoms with Gasteiger partial charge in [0.05, 0.1) is 29.8 Å². The van der Waals surface area contributed by atoms with Crippen LogP contribution in [0.25, 0.3) is 0 Å². The molecule has 152 valence electrons. The van der Waals surface area contributed by atoms with Crippen LogP contribution in [-0.2, 0) is 16.4 Å². The molecule has 2 aromatic rings. The van der Waals surface area contributed by atoms with E-state index in [0.29, 0.717) is 17.3 Å². The Bertz CT molecular complexity index is 949. The number of hydrogen-bond acceptors (Lipinski definition) is 6. The molecule has 0 bridgehead atoms. The van der Waals surface area contributed by atoms with Crippen LogP contribution in [0, 0.1) is 0 Å². The first-order valence-corrected chi connectivity index (χ1v) is 11.4. The molecule has 0 radical (unpaired) electrons. The molecule has 6 nitrogen and oxygen atoms in total. The van der Waals surface area contributed by atoms with Gasteiger partial charge in [0.15, 0.2) is 9.84 Å². The van der Waals surface area contributed by atoms with E-state index in [-0.39, 0.29) is 10.8 Å². The number of hydrogen-bond donors (Lipinski definition) is 0. The van der Waals surface area contributed by atoms with Gasteiger partial charge in [0.1, 0.15) is 11.5 Å². The Morgan fingerprint density at radius 1 is 1.25 bits per heavy atom. The van der Waals surface area contributed by atoms with Crippen LogP contribution in [0.1, 0.15) is 30.0 Å². The molecule has 1 aromatic carbocycles. The number of sulfone groups is 1. The van der Waals surface area contributed by atoms with Gasteiger partial charge in [-0.2, -0.15) is 0 Å². The maximum absolute atomic E-state index is 12.2. The van der Waals surface area contributed by atoms with Crippen LogP contribution in [0.15, 0.2) is 35.4 Å². The van der Waals surface area contributed by atoms with E-state index in [0.717, 1.165) is 43.0 Å². The second-order valence-corrected chi connectivity index (χ2v) is 9.48. The van der Waals surface area contributed by atoms with Gasteiger partial charge in [-0.05, 0) is 31.5 Å². The fraction of sp³-hybridized carbons (Fsp3) is 0.450. The molecule has 2 heterocycles. The third-order valence-electron chi connectivity index (χ3n) is 5.03. The summed E-state index contributed by atoms with van der Waals surface area (Å²) in [6, 6.07) is 7.30. The molecule has 1 aliphatic rings. The Balaban J connectivity index is 1.82. The zero-order valence-electron chi connectivity index (χ0n) is 16.3. The number of halogens is 1. The van der Waals surface area contributed by atoms with Crippen LogP contribution in [0.3, 0.4) is 0 Å². The van der Waals surface area contributed by atoms with E-state index >= 15 is 0 Å². The predicted octanol–water partition coefficient (Wildman–Crippen LogP) is 3.54. The third-order valence-corrected chi connectivity index (χ3v) is 6.36. The number of aromatic nitrogens is 1. The molecule has 0 N–H and O–H groups in total. The number of ether oxygens (including phenoxy) is 2. The quantitative estimate of drug-likeness (QED) is 0.706. The van der Waals surface area contributed by atoms with Crippen LogP contribution in [0.5, 0.6) is 11.5 Å². The fourth-order valence-corrected chi connectivity index (χ4v) is 4.84. The molecule has 1 aliphatic heterocycles. The van der Waals surface area contributed by atoms with E-state index in [9.17, 15) is 8.42 Å². The molecule has 0 amide bonds. The smallest absolute Gasteiger partial charge is 0.177 e. The minimum Gasteiger partial charge on any atom is -0.497 e. The normalized spacial score (nSPS) is 18.1. The standard InChI is InChI=1S/C20H25ClN2O4S/c1-26-17-7-6-14(18(10-17)27-2)12-23-8-4-5-15(13-23)20-19(28(3,24)25)9-16(21)11-22-20/h6-7,9-11,15H,4-5,8,12-13H2,1-3H3/t15-/m0/s1. The number of benzene rings is 1. The lowest BCUT2D eigenvalue weighted by molar-refractivity contribution is 0.195. The average molecular weight is 425 g/mol. The Labute approximate surface area is 171 Å². The summed E-state index contributed by atoms with van der Waals surface area (Å²) in [7, 11) is -0.126. The van der Waals surface area contributed by atoms with Crippen LogP contribution in [0.2, 0.25) is 5.02 Å². The summed E-state index contributed by atoms with van der Waals surface area (Å²) in [5.74, 6) is 1.57. The number of likely N-dealkylation sites (tertiary alicyclic amines) is 1. The van der Waals surface area contributed by atoms with E-state index in [1.165, 1.54) is 18.5 Å². The Kier molecular flexibility index (Phi) is 6.47. The summed E-state index contributed by atoms with van der Waals surface area (Å²) in [5, 5.41) is 0.333. The second-order valence-electron chi connectivity index (χ2n) is 7.06. The summed E-state index contributed by atoms with van der Waals surface area (Å²) in [6.07, 6.45) is 4.59. The molecular weight excluding hydrogens is 400 g/mol. The lowest BCUT2D eigenvalue weighted by Gasteiger charge is -2.33. The molecule has 1 aromatic heterocycles. The van der Waals surface area contributed by atoms with E-state index in [1.54, 1.807) is 14.2 Å². The van der Waals surface area contributed by atoms with Crippen molar-refractivity contribution in [3.8, 4) is 11.5 Å². The van der Waals surface area contributed by atoms with Crippen molar-refractivity contribution in [1.82, 2.24) is 9.88 Å². The summed E-state index contributed by atoms with van der Waals surface area (Å²) in [5.41, 5.74) is 1.68. The molecule has 1 atom stereocenters. The largest absolute Gasteiger partial charge is 0.497 e. The Hall–Kier alpha value is -1.83. The molecule has 8 heteroatoms. The van der Waals surface area contributed by atoms with Gasteiger partial charge in [0.25, 0.3) is 0 Å². The predicted molar refractivity (Wildman–Crippen MR) is 109 cm³/mol. The van der Waals surface area contributed by atoms with Crippen molar-refractivity contribution in [2.24, 2.45) is 0 Å². The number of piperidine rings is 1. The Morgan fingerprint density at radius 2 is 2.04 bits per heavy atom. The number of nitrogens with zero attached hydrogens (tertiary/aromatic N) is 2. The first-order chi connectivity index (χ1) is 13.3. The van der Waals surface area contributed by atoms with Gasteiger partial charge < -0.3 is 9.47 Å². The van der Waals surface area contributed by atoms with Crippen molar-refractivity contribution in [3.63, 3.8) is 0 Å². The zero-order valence-corrected chi connectivity index (χ0v) is 17.9. The van der Waals surface area contributed by atoms with E-state index < -0.39 is 9.84 Å². The summed E-state index contributed by atoms with van der Waals surface area (Å²) in [6.45, 7) is 2.38. The minimum atomic E-state index is -3.40. The van der Waals surface area contributed by atoms with Crippen molar-refractivity contribution >= 4 is 21.4 Å². The lowest BCUT2D eigenvalue weighted by atomic mass is 9.93. The topological polar surface area (TPSA) is 68.7 Å². The monoisotopic (exact) mass is 424 g/mol. The van der Waals surface area contributed by atoms with Crippen molar-refractivity contribution in [2.45, 2.75) is 30.2 Å². The molecule has 1 saturated heterocycles. The SMILES string of the molecule is COc1ccc(CN2CCC[C@H](c3ncc(Cl)cc3S(C)(=O)=O)C2)c(OC)c1. The molecule has 28 heavy (non-hydrogen) atoms. The van der Waals surface area contributed by atoms with Gasteiger partial charge >= 0.3 is 0 Å². The maximum atomic E-state index is 12.2. The molecule has 3 rings (SSSR count). The van der Waals surface area contributed by atoms with Crippen molar-refractivity contribution < 1.29 is 17.9 Å². The Morgan fingerprint density at radius 3 is 2.71 bits per heavy atom. The highest BCUT2D eigenvalue weighted by Gasteiger charge is 2.28. The van der Waals surface area contributed by atoms with Gasteiger partial charge in [-0.1, -0.05) is 17.7 Å². The fourth-order valence-electron chi connectivity index (χ4n) is 3.68. The second kappa shape index (κ2) is 8.68. The van der Waals surface area contributed by atoms with Gasteiger partial charge in [-0.3, -0.25) is 9.88 Å². The maximum Gasteiger partial charge on any atom is 0.177 e. The lowest BCUT2D eigenvalue weighted by Crippen LogP contribution is -2.34.